The van der Waals surface area contributed by atoms with Crippen LogP contribution in [-0.2, 0) is 10.0 Å². The van der Waals surface area contributed by atoms with Crippen molar-refractivity contribution >= 4 is 10.0 Å². The summed E-state index contributed by atoms with van der Waals surface area (Å²) in [5.74, 6) is 0.254. The number of nitrogens with one attached hydrogen (secondary N) is 1. The summed E-state index contributed by atoms with van der Waals surface area (Å²) in [6, 6.07) is 6.35. The molecule has 1 aromatic rings. The molecule has 0 aliphatic carbocycles. The summed E-state index contributed by atoms with van der Waals surface area (Å²) in [5.41, 5.74) is 0.595. The molecule has 0 aliphatic rings. The van der Waals surface area contributed by atoms with Crippen molar-refractivity contribution in [3.63, 3.8) is 0 Å². The van der Waals surface area contributed by atoms with E-state index >= 15 is 0 Å². The summed E-state index contributed by atoms with van der Waals surface area (Å²) in [4.78, 5) is 0.191. The van der Waals surface area contributed by atoms with Crippen LogP contribution in [0.4, 0.5) is 0 Å². The van der Waals surface area contributed by atoms with Crippen molar-refractivity contribution in [3.05, 3.63) is 29.8 Å². The summed E-state index contributed by atoms with van der Waals surface area (Å²) < 4.78 is 26.4. The Kier molecular flexibility index (Phi) is 4.68. The Morgan fingerprint density at radius 1 is 1.29 bits per heavy atom. The molecule has 1 atom stereocenters. The zero-order valence-corrected chi connectivity index (χ0v) is 11.2. The summed E-state index contributed by atoms with van der Waals surface area (Å²) in [6.45, 7) is 5.89. The van der Waals surface area contributed by atoms with Crippen molar-refractivity contribution in [1.82, 2.24) is 4.72 Å². The predicted octanol–water partition coefficient (Wildman–Crippen LogP) is 1.67. The molecule has 0 saturated heterocycles. The molecule has 0 fully saturated rings. The molecule has 1 unspecified atom stereocenters. The third kappa shape index (κ3) is 4.11. The lowest BCUT2D eigenvalue weighted by molar-refractivity contribution is 0.199. The van der Waals surface area contributed by atoms with Gasteiger partial charge in [0.2, 0.25) is 10.0 Å². The van der Waals surface area contributed by atoms with Crippen molar-refractivity contribution in [3.8, 4) is 0 Å². The van der Waals surface area contributed by atoms with Gasteiger partial charge in [-0.1, -0.05) is 26.0 Å². The van der Waals surface area contributed by atoms with Gasteiger partial charge in [-0.05, 0) is 30.5 Å². The van der Waals surface area contributed by atoms with Crippen LogP contribution in [0.5, 0.6) is 0 Å². The van der Waals surface area contributed by atoms with E-state index < -0.39 is 16.1 Å². The number of aliphatic hydroxyl groups is 1. The highest BCUT2D eigenvalue weighted by Crippen LogP contribution is 2.17. The molecule has 0 amide bonds. The highest BCUT2D eigenvalue weighted by atomic mass is 32.2. The van der Waals surface area contributed by atoms with Crippen LogP contribution in [0, 0.1) is 5.92 Å². The van der Waals surface area contributed by atoms with E-state index in [0.717, 1.165) is 0 Å². The van der Waals surface area contributed by atoms with Crippen LogP contribution < -0.4 is 4.72 Å². The second-order valence-electron chi connectivity index (χ2n) is 4.49. The van der Waals surface area contributed by atoms with Gasteiger partial charge >= 0.3 is 0 Å². The van der Waals surface area contributed by atoms with Crippen LogP contribution >= 0.6 is 0 Å². The SMILES string of the molecule is CC(C)CNS(=O)(=O)c1cccc(C(C)O)c1. The molecular weight excluding hydrogens is 238 g/mol. The molecule has 2 N–H and O–H groups in total. The molecule has 1 rings (SSSR count). The number of aliphatic hydroxyl groups excluding tert-OH is 1. The maximum atomic E-state index is 11.9. The molecule has 96 valence electrons. The molecule has 0 heterocycles. The Balaban J connectivity index is 2.95. The van der Waals surface area contributed by atoms with Crippen molar-refractivity contribution in [2.75, 3.05) is 6.54 Å². The summed E-state index contributed by atoms with van der Waals surface area (Å²) >= 11 is 0. The molecule has 0 aromatic heterocycles. The fourth-order valence-electron chi connectivity index (χ4n) is 1.30. The number of hydrogen-bond acceptors (Lipinski definition) is 3. The summed E-state index contributed by atoms with van der Waals surface area (Å²) in [6.07, 6.45) is -0.671. The van der Waals surface area contributed by atoms with Gasteiger partial charge in [-0.15, -0.1) is 0 Å². The first-order valence-corrected chi connectivity index (χ1v) is 7.09. The third-order valence-corrected chi connectivity index (χ3v) is 3.75. The second-order valence-corrected chi connectivity index (χ2v) is 6.26. The summed E-state index contributed by atoms with van der Waals surface area (Å²) in [7, 11) is -3.47. The molecule has 0 bridgehead atoms. The first kappa shape index (κ1) is 14.2. The largest absolute Gasteiger partial charge is 0.389 e. The zero-order chi connectivity index (χ0) is 13.1. The number of benzene rings is 1. The average Bonchev–Trinajstić information content (AvgIpc) is 2.27. The molecule has 17 heavy (non-hydrogen) atoms. The molecule has 0 saturated carbocycles. The fraction of sp³-hybridized carbons (Fsp3) is 0.500. The van der Waals surface area contributed by atoms with Crippen LogP contribution in [0.1, 0.15) is 32.4 Å². The first-order chi connectivity index (χ1) is 7.83. The van der Waals surface area contributed by atoms with E-state index in [2.05, 4.69) is 4.72 Å². The smallest absolute Gasteiger partial charge is 0.240 e. The van der Waals surface area contributed by atoms with Crippen LogP contribution in [0.15, 0.2) is 29.2 Å². The molecule has 0 radical (unpaired) electrons. The fourth-order valence-corrected chi connectivity index (χ4v) is 2.57. The highest BCUT2D eigenvalue weighted by molar-refractivity contribution is 7.89. The molecule has 0 aliphatic heterocycles. The predicted molar refractivity (Wildman–Crippen MR) is 67.1 cm³/mol. The van der Waals surface area contributed by atoms with Crippen molar-refractivity contribution < 1.29 is 13.5 Å². The quantitative estimate of drug-likeness (QED) is 0.843. The monoisotopic (exact) mass is 257 g/mol. The lowest BCUT2D eigenvalue weighted by Crippen LogP contribution is -2.27. The van der Waals surface area contributed by atoms with E-state index in [-0.39, 0.29) is 10.8 Å². The Morgan fingerprint density at radius 2 is 1.94 bits per heavy atom. The minimum Gasteiger partial charge on any atom is -0.389 e. The molecule has 0 spiro atoms. The van der Waals surface area contributed by atoms with E-state index in [1.54, 1.807) is 19.1 Å². The van der Waals surface area contributed by atoms with Crippen molar-refractivity contribution in [1.29, 1.82) is 0 Å². The zero-order valence-electron chi connectivity index (χ0n) is 10.3. The van der Waals surface area contributed by atoms with E-state index in [1.807, 2.05) is 13.8 Å². The topological polar surface area (TPSA) is 66.4 Å². The lowest BCUT2D eigenvalue weighted by atomic mass is 10.1. The van der Waals surface area contributed by atoms with Crippen LogP contribution in [0.2, 0.25) is 0 Å². The van der Waals surface area contributed by atoms with Gasteiger partial charge in [-0.2, -0.15) is 0 Å². The van der Waals surface area contributed by atoms with Gasteiger partial charge in [0.05, 0.1) is 11.0 Å². The maximum absolute atomic E-state index is 11.9. The van der Waals surface area contributed by atoms with Gasteiger partial charge in [-0.25, -0.2) is 13.1 Å². The van der Waals surface area contributed by atoms with Gasteiger partial charge in [0.1, 0.15) is 0 Å². The van der Waals surface area contributed by atoms with Gasteiger partial charge in [0.25, 0.3) is 0 Å². The normalized spacial score (nSPS) is 13.9. The highest BCUT2D eigenvalue weighted by Gasteiger charge is 2.15. The van der Waals surface area contributed by atoms with E-state index in [0.29, 0.717) is 12.1 Å². The number of sulfonamides is 1. The summed E-state index contributed by atoms with van der Waals surface area (Å²) in [5, 5.41) is 9.42. The Bertz CT molecular complexity index is 466. The first-order valence-electron chi connectivity index (χ1n) is 5.60. The van der Waals surface area contributed by atoms with Crippen molar-refractivity contribution in [2.45, 2.75) is 31.8 Å². The van der Waals surface area contributed by atoms with Gasteiger partial charge in [0, 0.05) is 6.54 Å². The Labute approximate surface area is 103 Å². The standard InChI is InChI=1S/C12H19NO3S/c1-9(2)8-13-17(15,16)12-6-4-5-11(7-12)10(3)14/h4-7,9-10,13-14H,8H2,1-3H3. The van der Waals surface area contributed by atoms with E-state index in [9.17, 15) is 13.5 Å². The maximum Gasteiger partial charge on any atom is 0.240 e. The van der Waals surface area contributed by atoms with Gasteiger partial charge < -0.3 is 5.11 Å². The van der Waals surface area contributed by atoms with E-state index in [1.165, 1.54) is 12.1 Å². The van der Waals surface area contributed by atoms with Crippen LogP contribution in [-0.4, -0.2) is 20.1 Å². The minimum atomic E-state index is -3.47. The van der Waals surface area contributed by atoms with E-state index in [4.69, 9.17) is 0 Å². The minimum absolute atomic E-state index is 0.191. The van der Waals surface area contributed by atoms with Gasteiger partial charge in [0.15, 0.2) is 0 Å². The molecular formula is C12H19NO3S. The Morgan fingerprint density at radius 3 is 2.47 bits per heavy atom. The molecule has 4 nitrogen and oxygen atoms in total. The number of hydrogen-bond donors (Lipinski definition) is 2. The Hall–Kier alpha value is -0.910. The van der Waals surface area contributed by atoms with Crippen molar-refractivity contribution in [2.24, 2.45) is 5.92 Å². The van der Waals surface area contributed by atoms with Crippen LogP contribution in [0.25, 0.3) is 0 Å². The number of rotatable bonds is 5. The molecule has 1 aromatic carbocycles. The average molecular weight is 257 g/mol. The van der Waals surface area contributed by atoms with Crippen LogP contribution in [0.3, 0.4) is 0 Å². The third-order valence-electron chi connectivity index (χ3n) is 2.33. The molecule has 5 heteroatoms. The van der Waals surface area contributed by atoms with Gasteiger partial charge in [-0.3, -0.25) is 0 Å². The lowest BCUT2D eigenvalue weighted by Gasteiger charge is -2.11. The second kappa shape index (κ2) is 5.62.